The average Bonchev–Trinajstić information content (AvgIpc) is 2.50. The molecule has 112 valence electrons. The molecule has 0 heterocycles. The molecule has 0 saturated heterocycles. The smallest absolute Gasteiger partial charge is 0.0317 e. The van der Waals surface area contributed by atoms with E-state index in [9.17, 15) is 0 Å². The van der Waals surface area contributed by atoms with Crippen LogP contribution in [0.2, 0.25) is 0 Å². The van der Waals surface area contributed by atoms with Gasteiger partial charge in [-0.3, -0.25) is 0 Å². The maximum Gasteiger partial charge on any atom is 0.0317 e. The Morgan fingerprint density at radius 1 is 1.05 bits per heavy atom. The van der Waals surface area contributed by atoms with Crippen LogP contribution < -0.4 is 5.32 Å². The van der Waals surface area contributed by atoms with E-state index in [1.54, 1.807) is 0 Å². The molecule has 1 aromatic carbocycles. The van der Waals surface area contributed by atoms with Crippen LogP contribution in [0.1, 0.15) is 70.0 Å². The van der Waals surface area contributed by atoms with Crippen LogP contribution in [-0.2, 0) is 6.42 Å². The Bertz CT molecular complexity index is 373. The Balaban J connectivity index is 1.85. The SMILES string of the molecule is CCc1ccc(C(CC)NCC2CCC(C)CC2)cc1. The molecule has 1 N–H and O–H groups in total. The van der Waals surface area contributed by atoms with E-state index in [0.29, 0.717) is 6.04 Å². The number of benzene rings is 1. The zero-order valence-corrected chi connectivity index (χ0v) is 13.5. The second-order valence-corrected chi connectivity index (χ2v) is 6.59. The predicted molar refractivity (Wildman–Crippen MR) is 88.0 cm³/mol. The Kier molecular flexibility index (Phi) is 6.09. The van der Waals surface area contributed by atoms with Gasteiger partial charge in [-0.1, -0.05) is 57.9 Å². The molecule has 2 rings (SSSR count). The second kappa shape index (κ2) is 7.83. The van der Waals surface area contributed by atoms with Crippen molar-refractivity contribution < 1.29 is 0 Å². The van der Waals surface area contributed by atoms with Gasteiger partial charge < -0.3 is 5.32 Å². The molecule has 1 saturated carbocycles. The summed E-state index contributed by atoms with van der Waals surface area (Å²) in [5.74, 6) is 1.85. The highest BCUT2D eigenvalue weighted by atomic mass is 14.9. The van der Waals surface area contributed by atoms with Gasteiger partial charge in [0.15, 0.2) is 0 Å². The van der Waals surface area contributed by atoms with Gasteiger partial charge in [0.05, 0.1) is 0 Å². The van der Waals surface area contributed by atoms with Crippen LogP contribution >= 0.6 is 0 Å². The molecule has 1 atom stereocenters. The molecular formula is C19H31N. The van der Waals surface area contributed by atoms with Gasteiger partial charge in [0.1, 0.15) is 0 Å². The van der Waals surface area contributed by atoms with E-state index in [2.05, 4.69) is 50.4 Å². The van der Waals surface area contributed by atoms with Crippen LogP contribution in [0.3, 0.4) is 0 Å². The van der Waals surface area contributed by atoms with Crippen LogP contribution in [0.15, 0.2) is 24.3 Å². The lowest BCUT2D eigenvalue weighted by atomic mass is 9.83. The lowest BCUT2D eigenvalue weighted by Gasteiger charge is -2.28. The normalized spacial score (nSPS) is 24.6. The summed E-state index contributed by atoms with van der Waals surface area (Å²) in [6.07, 6.45) is 7.99. The van der Waals surface area contributed by atoms with Gasteiger partial charge in [0.25, 0.3) is 0 Å². The minimum absolute atomic E-state index is 0.528. The standard InChI is InChI=1S/C19H31N/c1-4-16-10-12-18(13-11-16)19(5-2)20-14-17-8-6-15(3)7-9-17/h10-13,15,17,19-20H,4-9,14H2,1-3H3. The third-order valence-corrected chi connectivity index (χ3v) is 4.99. The maximum atomic E-state index is 3.81. The third kappa shape index (κ3) is 4.34. The molecule has 1 aromatic rings. The van der Waals surface area contributed by atoms with Gasteiger partial charge >= 0.3 is 0 Å². The van der Waals surface area contributed by atoms with Crippen LogP contribution in [-0.4, -0.2) is 6.54 Å². The highest BCUT2D eigenvalue weighted by molar-refractivity contribution is 5.25. The zero-order valence-electron chi connectivity index (χ0n) is 13.5. The van der Waals surface area contributed by atoms with Crippen LogP contribution in [0.5, 0.6) is 0 Å². The van der Waals surface area contributed by atoms with Crippen molar-refractivity contribution in [3.8, 4) is 0 Å². The first kappa shape index (κ1) is 15.6. The molecule has 1 nitrogen and oxygen atoms in total. The number of nitrogens with one attached hydrogen (secondary N) is 1. The summed E-state index contributed by atoms with van der Waals surface area (Å²) in [5, 5.41) is 3.81. The molecule has 1 aliphatic carbocycles. The topological polar surface area (TPSA) is 12.0 Å². The van der Waals surface area contributed by atoms with Crippen molar-refractivity contribution in [1.82, 2.24) is 5.32 Å². The summed E-state index contributed by atoms with van der Waals surface area (Å²) in [6.45, 7) is 8.09. The largest absolute Gasteiger partial charge is 0.310 e. The number of hydrogen-bond donors (Lipinski definition) is 1. The maximum absolute atomic E-state index is 3.81. The van der Waals surface area contributed by atoms with Crippen molar-refractivity contribution in [3.05, 3.63) is 35.4 Å². The highest BCUT2D eigenvalue weighted by Crippen LogP contribution is 2.28. The van der Waals surface area contributed by atoms with Gasteiger partial charge in [-0.2, -0.15) is 0 Å². The molecule has 1 heteroatoms. The van der Waals surface area contributed by atoms with E-state index in [-0.39, 0.29) is 0 Å². The Labute approximate surface area is 125 Å². The van der Waals surface area contributed by atoms with Crippen LogP contribution in [0, 0.1) is 11.8 Å². The summed E-state index contributed by atoms with van der Waals surface area (Å²) in [6, 6.07) is 9.70. The van der Waals surface area contributed by atoms with Crippen molar-refractivity contribution in [3.63, 3.8) is 0 Å². The summed E-state index contributed by atoms with van der Waals surface area (Å²) < 4.78 is 0. The van der Waals surface area contributed by atoms with Crippen LogP contribution in [0.25, 0.3) is 0 Å². The van der Waals surface area contributed by atoms with E-state index in [4.69, 9.17) is 0 Å². The Hall–Kier alpha value is -0.820. The Morgan fingerprint density at radius 3 is 2.25 bits per heavy atom. The third-order valence-electron chi connectivity index (χ3n) is 4.99. The van der Waals surface area contributed by atoms with E-state index < -0.39 is 0 Å². The molecule has 0 bridgehead atoms. The minimum Gasteiger partial charge on any atom is -0.310 e. The van der Waals surface area contributed by atoms with E-state index in [0.717, 1.165) is 18.3 Å². The van der Waals surface area contributed by atoms with Gasteiger partial charge in [-0.15, -0.1) is 0 Å². The predicted octanol–water partition coefficient (Wildman–Crippen LogP) is 5.12. The highest BCUT2D eigenvalue weighted by Gasteiger charge is 2.19. The van der Waals surface area contributed by atoms with Gasteiger partial charge in [0, 0.05) is 6.04 Å². The van der Waals surface area contributed by atoms with Crippen LogP contribution in [0.4, 0.5) is 0 Å². The average molecular weight is 273 g/mol. The summed E-state index contributed by atoms with van der Waals surface area (Å²) in [7, 11) is 0. The number of hydrogen-bond acceptors (Lipinski definition) is 1. The molecule has 0 aliphatic heterocycles. The first-order valence-electron chi connectivity index (χ1n) is 8.55. The molecule has 20 heavy (non-hydrogen) atoms. The summed E-state index contributed by atoms with van der Waals surface area (Å²) in [4.78, 5) is 0. The minimum atomic E-state index is 0.528. The zero-order chi connectivity index (χ0) is 14.4. The lowest BCUT2D eigenvalue weighted by molar-refractivity contribution is 0.273. The summed E-state index contributed by atoms with van der Waals surface area (Å²) >= 11 is 0. The van der Waals surface area contributed by atoms with E-state index in [1.807, 2.05) is 0 Å². The molecule has 1 aliphatic rings. The van der Waals surface area contributed by atoms with Crippen molar-refractivity contribution in [2.24, 2.45) is 11.8 Å². The van der Waals surface area contributed by atoms with Gasteiger partial charge in [0.2, 0.25) is 0 Å². The van der Waals surface area contributed by atoms with Gasteiger partial charge in [-0.25, -0.2) is 0 Å². The molecule has 1 unspecified atom stereocenters. The monoisotopic (exact) mass is 273 g/mol. The lowest BCUT2D eigenvalue weighted by Crippen LogP contribution is -2.29. The first-order chi connectivity index (χ1) is 9.72. The van der Waals surface area contributed by atoms with E-state index >= 15 is 0 Å². The van der Waals surface area contributed by atoms with Crippen molar-refractivity contribution in [2.45, 2.75) is 65.3 Å². The molecular weight excluding hydrogens is 242 g/mol. The number of rotatable bonds is 6. The fraction of sp³-hybridized carbons (Fsp3) is 0.684. The molecule has 0 spiro atoms. The quantitative estimate of drug-likeness (QED) is 0.759. The molecule has 1 fully saturated rings. The first-order valence-corrected chi connectivity index (χ1v) is 8.55. The van der Waals surface area contributed by atoms with Crippen molar-refractivity contribution >= 4 is 0 Å². The van der Waals surface area contributed by atoms with Gasteiger partial charge in [-0.05, 0) is 55.2 Å². The second-order valence-electron chi connectivity index (χ2n) is 6.59. The molecule has 0 radical (unpaired) electrons. The van der Waals surface area contributed by atoms with Crippen molar-refractivity contribution in [1.29, 1.82) is 0 Å². The van der Waals surface area contributed by atoms with E-state index in [1.165, 1.54) is 49.8 Å². The summed E-state index contributed by atoms with van der Waals surface area (Å²) in [5.41, 5.74) is 2.89. The molecule has 0 aromatic heterocycles. The fourth-order valence-electron chi connectivity index (χ4n) is 3.33. The fourth-order valence-corrected chi connectivity index (χ4v) is 3.33. The van der Waals surface area contributed by atoms with Crippen molar-refractivity contribution in [2.75, 3.05) is 6.54 Å². The molecule has 0 amide bonds. The Morgan fingerprint density at radius 2 is 1.70 bits per heavy atom. The number of aryl methyl sites for hydroxylation is 1.